The van der Waals surface area contributed by atoms with Crippen LogP contribution in [0.4, 0.5) is 68.2 Å². The fraction of sp³-hybridized carbons (Fsp3) is 0.182. The number of nitrogens with two attached hydrogens (primary N) is 2. The predicted octanol–water partition coefficient (Wildman–Crippen LogP) is 12.7. The number of nitrogen functional groups attached to an aromatic ring is 2. The number of nitrogens with zero attached hydrogens (tertiary/aromatic N) is 10. The number of azo groups is 4. The van der Waals surface area contributed by atoms with Crippen molar-refractivity contribution in [2.45, 2.75) is 27.7 Å². The number of hydrogen-bond acceptors (Lipinski definition) is 16. The van der Waals surface area contributed by atoms with E-state index in [2.05, 4.69) is 50.7 Å². The fourth-order valence-corrected chi connectivity index (χ4v) is 5.67. The molecule has 6 rings (SSSR count). The third-order valence-electron chi connectivity index (χ3n) is 9.04. The number of phenols is 4. The van der Waals surface area contributed by atoms with Gasteiger partial charge in [0.15, 0.2) is 0 Å². The van der Waals surface area contributed by atoms with Crippen molar-refractivity contribution in [1.29, 1.82) is 0 Å². The first-order chi connectivity index (χ1) is 29.0. The van der Waals surface area contributed by atoms with Gasteiger partial charge in [-0.15, -0.1) is 30.7 Å². The van der Waals surface area contributed by atoms with Gasteiger partial charge in [0.05, 0.1) is 22.7 Å². The van der Waals surface area contributed by atoms with Crippen LogP contribution in [0.15, 0.2) is 162 Å². The smallest absolute Gasteiger partial charge is 0.145 e. The second-order valence-corrected chi connectivity index (χ2v) is 13.0. The zero-order chi connectivity index (χ0) is 43.0. The Kier molecular flexibility index (Phi) is 17.2. The maximum atomic E-state index is 10.3. The van der Waals surface area contributed by atoms with Crippen molar-refractivity contribution in [1.82, 2.24) is 0 Å². The first-order valence-electron chi connectivity index (χ1n) is 19.2. The summed E-state index contributed by atoms with van der Waals surface area (Å²) in [6.45, 7) is 11.5. The molecule has 0 aliphatic carbocycles. The molecule has 0 aliphatic rings. The summed E-state index contributed by atoms with van der Waals surface area (Å²) in [5.74, 6) is -0.0941. The van der Waals surface area contributed by atoms with Crippen molar-refractivity contribution < 1.29 is 37.2 Å². The van der Waals surface area contributed by atoms with E-state index < -0.39 is 0 Å². The molecule has 6 aromatic rings. The van der Waals surface area contributed by atoms with Gasteiger partial charge in [-0.1, -0.05) is 24.3 Å². The number of anilines is 4. The molecule has 0 amide bonds. The second kappa shape index (κ2) is 22.7. The van der Waals surface area contributed by atoms with E-state index >= 15 is 0 Å². The molecule has 0 aromatic heterocycles. The Balaban J connectivity index is 0.000000264. The zero-order valence-electron chi connectivity index (χ0n) is 34.1. The van der Waals surface area contributed by atoms with Crippen molar-refractivity contribution in [3.8, 4) is 23.0 Å². The molecule has 1 radical (unpaired) electrons. The van der Waals surface area contributed by atoms with Gasteiger partial charge in [0.2, 0.25) is 0 Å². The molecule has 0 saturated heterocycles. The molecule has 0 saturated carbocycles. The molecule has 6 aromatic carbocycles. The van der Waals surface area contributed by atoms with E-state index in [-0.39, 0.29) is 51.2 Å². The monoisotopic (exact) mass is 867 g/mol. The van der Waals surface area contributed by atoms with Crippen molar-refractivity contribution in [2.75, 3.05) is 47.4 Å². The van der Waals surface area contributed by atoms with E-state index in [1.54, 1.807) is 72.8 Å². The van der Waals surface area contributed by atoms with E-state index in [1.165, 1.54) is 12.1 Å². The number of aromatic hydroxyl groups is 4. The number of phenolic OH excluding ortho intramolecular Hbond substituents is 4. The molecule has 0 aliphatic heterocycles. The fourth-order valence-electron chi connectivity index (χ4n) is 5.67. The van der Waals surface area contributed by atoms with Gasteiger partial charge in [0.25, 0.3) is 0 Å². The van der Waals surface area contributed by atoms with Crippen molar-refractivity contribution in [3.05, 3.63) is 121 Å². The van der Waals surface area contributed by atoms with Gasteiger partial charge >= 0.3 is 0 Å². The summed E-state index contributed by atoms with van der Waals surface area (Å²) in [5, 5.41) is 73.5. The molecule has 17 heteroatoms. The molecular formula is C44H48CoN12O4. The molecule has 61 heavy (non-hydrogen) atoms. The zero-order valence-corrected chi connectivity index (χ0v) is 35.2. The van der Waals surface area contributed by atoms with Gasteiger partial charge in [0, 0.05) is 66.5 Å². The van der Waals surface area contributed by atoms with Crippen LogP contribution in [0.5, 0.6) is 23.0 Å². The Labute approximate surface area is 364 Å². The molecule has 0 heterocycles. The van der Waals surface area contributed by atoms with Gasteiger partial charge < -0.3 is 41.7 Å². The summed E-state index contributed by atoms with van der Waals surface area (Å²) in [4.78, 5) is 4.22. The molecule has 0 atom stereocenters. The minimum absolute atomic E-state index is 0. The summed E-state index contributed by atoms with van der Waals surface area (Å²) in [6.07, 6.45) is 0. The van der Waals surface area contributed by atoms with Gasteiger partial charge in [-0.3, -0.25) is 0 Å². The van der Waals surface area contributed by atoms with Gasteiger partial charge in [-0.05, 0) is 113 Å². The number of hydrogen-bond donors (Lipinski definition) is 6. The quantitative estimate of drug-likeness (QED) is 0.0453. The number of para-hydroxylation sites is 2. The first-order valence-corrected chi connectivity index (χ1v) is 19.2. The van der Waals surface area contributed by atoms with Crippen LogP contribution in [0.2, 0.25) is 0 Å². The summed E-state index contributed by atoms with van der Waals surface area (Å²) in [5.41, 5.74) is 17.6. The Morgan fingerprint density at radius 1 is 0.377 bits per heavy atom. The van der Waals surface area contributed by atoms with Gasteiger partial charge in [-0.2, -0.15) is 10.2 Å². The maximum Gasteiger partial charge on any atom is 0.145 e. The van der Waals surface area contributed by atoms with Crippen molar-refractivity contribution in [2.24, 2.45) is 40.9 Å². The molecule has 0 bridgehead atoms. The minimum Gasteiger partial charge on any atom is -0.506 e. The third-order valence-corrected chi connectivity index (χ3v) is 9.04. The normalized spacial score (nSPS) is 11.2. The van der Waals surface area contributed by atoms with E-state index in [1.807, 2.05) is 64.1 Å². The van der Waals surface area contributed by atoms with Crippen LogP contribution < -0.4 is 21.3 Å². The minimum atomic E-state index is -0.0591. The molecule has 0 spiro atoms. The summed E-state index contributed by atoms with van der Waals surface area (Å²) >= 11 is 0. The standard InChI is InChI=1S/2C22H24N6O2.Co/c2*1-3-28(4-2)16-10-11-19(22(30)14-16)26-27-20-13-15(9-12-21(20)29)24-25-18-8-6-5-7-17(18)23;/h2*5-14,29-30H,3-4,23H2,1-2H3;. The molecule has 0 fully saturated rings. The van der Waals surface area contributed by atoms with Gasteiger partial charge in [0.1, 0.15) is 57.1 Å². The van der Waals surface area contributed by atoms with Crippen LogP contribution in [-0.4, -0.2) is 46.6 Å². The Hall–Kier alpha value is -7.37. The number of rotatable bonds is 14. The van der Waals surface area contributed by atoms with Crippen LogP contribution in [0, 0.1) is 0 Å². The van der Waals surface area contributed by atoms with E-state index in [4.69, 9.17) is 11.5 Å². The molecule has 317 valence electrons. The largest absolute Gasteiger partial charge is 0.506 e. The van der Waals surface area contributed by atoms with Gasteiger partial charge in [-0.25, -0.2) is 0 Å². The molecule has 8 N–H and O–H groups in total. The van der Waals surface area contributed by atoms with E-state index in [0.717, 1.165) is 37.6 Å². The van der Waals surface area contributed by atoms with Crippen LogP contribution in [0.1, 0.15) is 27.7 Å². The first kappa shape index (κ1) is 46.3. The summed E-state index contributed by atoms with van der Waals surface area (Å²) in [7, 11) is 0. The summed E-state index contributed by atoms with van der Waals surface area (Å²) in [6, 6.07) is 33.9. The molecular weight excluding hydrogens is 819 g/mol. The van der Waals surface area contributed by atoms with Crippen LogP contribution in [0.25, 0.3) is 0 Å². The average molecular weight is 868 g/mol. The average Bonchev–Trinajstić information content (AvgIpc) is 3.25. The topological polar surface area (TPSA) is 238 Å². The van der Waals surface area contributed by atoms with Crippen molar-refractivity contribution >= 4 is 68.2 Å². The molecule has 16 nitrogen and oxygen atoms in total. The van der Waals surface area contributed by atoms with Crippen LogP contribution in [-0.2, 0) is 16.8 Å². The van der Waals surface area contributed by atoms with E-state index in [9.17, 15) is 20.4 Å². The SMILES string of the molecule is CCN(CC)c1ccc(N=Nc2cc(N=Nc3ccccc3N)ccc2O)c(O)c1.CCN(CC)c1ccc(N=Nc2cc(N=Nc3ccccc3N)ccc2O)c(O)c1.[Co]. The van der Waals surface area contributed by atoms with Crippen LogP contribution in [0.3, 0.4) is 0 Å². The molecule has 0 unspecified atom stereocenters. The van der Waals surface area contributed by atoms with Crippen LogP contribution >= 0.6 is 0 Å². The van der Waals surface area contributed by atoms with Crippen molar-refractivity contribution in [3.63, 3.8) is 0 Å². The third kappa shape index (κ3) is 12.8. The van der Waals surface area contributed by atoms with E-state index in [0.29, 0.717) is 45.5 Å². The Bertz CT molecular complexity index is 2330. The Morgan fingerprint density at radius 2 is 0.721 bits per heavy atom. The predicted molar refractivity (Wildman–Crippen MR) is 238 cm³/mol. The maximum absolute atomic E-state index is 10.3. The summed E-state index contributed by atoms with van der Waals surface area (Å²) < 4.78 is 0. The number of benzene rings is 6. The Morgan fingerprint density at radius 3 is 1.07 bits per heavy atom. The second-order valence-electron chi connectivity index (χ2n) is 13.0.